The lowest BCUT2D eigenvalue weighted by atomic mass is 10.2. The van der Waals surface area contributed by atoms with Gasteiger partial charge in [0.05, 0.1) is 0 Å². The van der Waals surface area contributed by atoms with Gasteiger partial charge in [0, 0.05) is 10.9 Å². The quantitative estimate of drug-likeness (QED) is 0.764. The average Bonchev–Trinajstić information content (AvgIpc) is 3.15. The van der Waals surface area contributed by atoms with Gasteiger partial charge in [-0.15, -0.1) is 11.3 Å². The SMILES string of the molecule is Cc1noc(C)c1S(=O)(=O)NC(=O)c1csc(-c2ccccc2)n1. The molecule has 1 aromatic carbocycles. The molecular formula is C15H13N3O4S2. The van der Waals surface area contributed by atoms with Crippen molar-refractivity contribution < 1.29 is 17.7 Å². The van der Waals surface area contributed by atoms with Crippen LogP contribution in [0.15, 0.2) is 45.1 Å². The van der Waals surface area contributed by atoms with Crippen LogP contribution in [0.5, 0.6) is 0 Å². The second-order valence-electron chi connectivity index (χ2n) is 4.99. The highest BCUT2D eigenvalue weighted by Gasteiger charge is 2.27. The van der Waals surface area contributed by atoms with Crippen molar-refractivity contribution in [1.29, 1.82) is 0 Å². The summed E-state index contributed by atoms with van der Waals surface area (Å²) in [4.78, 5) is 16.3. The predicted octanol–water partition coefficient (Wildman–Crippen LogP) is 2.53. The predicted molar refractivity (Wildman–Crippen MR) is 88.2 cm³/mol. The topological polar surface area (TPSA) is 102 Å². The number of hydrogen-bond donors (Lipinski definition) is 1. The summed E-state index contributed by atoms with van der Waals surface area (Å²) in [5, 5.41) is 5.74. The van der Waals surface area contributed by atoms with Gasteiger partial charge in [-0.2, -0.15) is 0 Å². The van der Waals surface area contributed by atoms with Gasteiger partial charge in [0.15, 0.2) is 10.7 Å². The van der Waals surface area contributed by atoms with Gasteiger partial charge < -0.3 is 4.52 Å². The minimum Gasteiger partial charge on any atom is -0.360 e. The maximum Gasteiger partial charge on any atom is 0.284 e. The van der Waals surface area contributed by atoms with Crippen LogP contribution in [0.4, 0.5) is 0 Å². The molecule has 3 aromatic rings. The highest BCUT2D eigenvalue weighted by Crippen LogP contribution is 2.24. The van der Waals surface area contributed by atoms with Crippen LogP contribution >= 0.6 is 11.3 Å². The lowest BCUT2D eigenvalue weighted by Gasteiger charge is -2.04. The molecule has 0 saturated heterocycles. The molecule has 0 aliphatic carbocycles. The Morgan fingerprint density at radius 1 is 1.21 bits per heavy atom. The Bertz CT molecular complexity index is 971. The third-order valence-corrected chi connectivity index (χ3v) is 5.69. The molecule has 7 nitrogen and oxygen atoms in total. The Hall–Kier alpha value is -2.52. The zero-order valence-corrected chi connectivity index (χ0v) is 14.4. The molecule has 2 aromatic heterocycles. The van der Waals surface area contributed by atoms with E-state index in [0.29, 0.717) is 5.01 Å². The van der Waals surface area contributed by atoms with Crippen molar-refractivity contribution in [3.05, 3.63) is 52.9 Å². The normalized spacial score (nSPS) is 11.4. The summed E-state index contributed by atoms with van der Waals surface area (Å²) in [5.41, 5.74) is 1.08. The number of nitrogens with zero attached hydrogens (tertiary/aromatic N) is 2. The highest BCUT2D eigenvalue weighted by molar-refractivity contribution is 7.90. The summed E-state index contributed by atoms with van der Waals surface area (Å²) in [5.74, 6) is -0.676. The number of amides is 1. The fourth-order valence-corrected chi connectivity index (χ4v) is 4.27. The molecule has 0 aliphatic rings. The standard InChI is InChI=1S/C15H13N3O4S2/c1-9-13(10(2)22-17-9)24(20,21)18-14(19)12-8-23-15(16-12)11-6-4-3-5-7-11/h3-8H,1-2H3,(H,18,19). The van der Waals surface area contributed by atoms with Gasteiger partial charge in [0.1, 0.15) is 16.4 Å². The molecule has 0 unspecified atom stereocenters. The first-order valence-corrected chi connectivity index (χ1v) is 9.26. The second kappa shape index (κ2) is 6.17. The minimum atomic E-state index is -4.07. The second-order valence-corrected chi connectivity index (χ2v) is 7.47. The van der Waals surface area contributed by atoms with Crippen LogP contribution in [0, 0.1) is 13.8 Å². The molecule has 1 amide bonds. The Morgan fingerprint density at radius 2 is 1.92 bits per heavy atom. The first-order valence-electron chi connectivity index (χ1n) is 6.89. The molecule has 0 radical (unpaired) electrons. The zero-order chi connectivity index (χ0) is 17.3. The average molecular weight is 363 g/mol. The van der Waals surface area contributed by atoms with Crippen LogP contribution in [-0.2, 0) is 10.0 Å². The van der Waals surface area contributed by atoms with Crippen LogP contribution in [0.3, 0.4) is 0 Å². The third-order valence-electron chi connectivity index (χ3n) is 3.22. The van der Waals surface area contributed by atoms with Gasteiger partial charge in [-0.25, -0.2) is 18.1 Å². The minimum absolute atomic E-state index is 0.0363. The van der Waals surface area contributed by atoms with Crippen molar-refractivity contribution in [2.75, 3.05) is 0 Å². The summed E-state index contributed by atoms with van der Waals surface area (Å²) < 4.78 is 31.5. The van der Waals surface area contributed by atoms with E-state index in [1.165, 1.54) is 30.6 Å². The molecule has 0 bridgehead atoms. The molecule has 24 heavy (non-hydrogen) atoms. The molecule has 9 heteroatoms. The number of benzene rings is 1. The highest BCUT2D eigenvalue weighted by atomic mass is 32.2. The van der Waals surface area contributed by atoms with Crippen LogP contribution in [0.2, 0.25) is 0 Å². The molecule has 0 fully saturated rings. The molecule has 0 saturated carbocycles. The number of aromatic nitrogens is 2. The summed E-state index contributed by atoms with van der Waals surface area (Å²) in [7, 11) is -4.07. The molecule has 0 aliphatic heterocycles. The summed E-state index contributed by atoms with van der Waals surface area (Å²) in [6.07, 6.45) is 0. The number of carbonyl (C=O) groups excluding carboxylic acids is 1. The smallest absolute Gasteiger partial charge is 0.284 e. The van der Waals surface area contributed by atoms with E-state index in [4.69, 9.17) is 4.52 Å². The summed E-state index contributed by atoms with van der Waals surface area (Å²) in [6.45, 7) is 2.96. The van der Waals surface area contributed by atoms with Crippen molar-refractivity contribution in [3.8, 4) is 10.6 Å². The zero-order valence-electron chi connectivity index (χ0n) is 12.8. The van der Waals surface area contributed by atoms with Crippen LogP contribution < -0.4 is 4.72 Å². The van der Waals surface area contributed by atoms with Gasteiger partial charge in [-0.3, -0.25) is 4.79 Å². The van der Waals surface area contributed by atoms with Crippen molar-refractivity contribution in [2.45, 2.75) is 18.7 Å². The van der Waals surface area contributed by atoms with E-state index < -0.39 is 15.9 Å². The number of aryl methyl sites for hydroxylation is 2. The van der Waals surface area contributed by atoms with Crippen LogP contribution in [-0.4, -0.2) is 24.5 Å². The van der Waals surface area contributed by atoms with Crippen molar-refractivity contribution in [2.24, 2.45) is 0 Å². The monoisotopic (exact) mass is 363 g/mol. The molecule has 2 heterocycles. The van der Waals surface area contributed by atoms with Crippen LogP contribution in [0.25, 0.3) is 10.6 Å². The number of rotatable bonds is 4. The van der Waals surface area contributed by atoms with Gasteiger partial charge in [0.2, 0.25) is 0 Å². The Balaban J connectivity index is 1.85. The van der Waals surface area contributed by atoms with E-state index in [1.807, 2.05) is 35.1 Å². The molecular weight excluding hydrogens is 350 g/mol. The van der Waals surface area contributed by atoms with Crippen LogP contribution in [0.1, 0.15) is 21.9 Å². The number of hydrogen-bond acceptors (Lipinski definition) is 7. The Kier molecular flexibility index (Phi) is 4.20. The maximum absolute atomic E-state index is 12.3. The number of carbonyl (C=O) groups is 1. The van der Waals surface area contributed by atoms with Gasteiger partial charge >= 0.3 is 0 Å². The summed E-state index contributed by atoms with van der Waals surface area (Å²) >= 11 is 1.26. The fraction of sp³-hybridized carbons (Fsp3) is 0.133. The molecule has 0 spiro atoms. The van der Waals surface area contributed by atoms with Gasteiger partial charge in [-0.1, -0.05) is 35.5 Å². The van der Waals surface area contributed by atoms with E-state index in [9.17, 15) is 13.2 Å². The lowest BCUT2D eigenvalue weighted by molar-refractivity contribution is 0.0977. The Labute approximate surface area is 142 Å². The molecule has 3 rings (SSSR count). The van der Waals surface area contributed by atoms with Gasteiger partial charge in [0.25, 0.3) is 15.9 Å². The number of thiazole rings is 1. The van der Waals surface area contributed by atoms with E-state index in [-0.39, 0.29) is 22.0 Å². The first-order chi connectivity index (χ1) is 11.4. The Morgan fingerprint density at radius 3 is 2.54 bits per heavy atom. The van der Waals surface area contributed by atoms with E-state index >= 15 is 0 Å². The molecule has 0 atom stereocenters. The fourth-order valence-electron chi connectivity index (χ4n) is 2.17. The third kappa shape index (κ3) is 3.08. The molecule has 1 N–H and O–H groups in total. The largest absolute Gasteiger partial charge is 0.360 e. The van der Waals surface area contributed by atoms with E-state index in [2.05, 4.69) is 10.1 Å². The maximum atomic E-state index is 12.3. The van der Waals surface area contributed by atoms with Gasteiger partial charge in [-0.05, 0) is 13.8 Å². The van der Waals surface area contributed by atoms with Crippen molar-refractivity contribution >= 4 is 27.3 Å². The van der Waals surface area contributed by atoms with Crippen molar-refractivity contribution in [1.82, 2.24) is 14.9 Å². The van der Waals surface area contributed by atoms with E-state index in [0.717, 1.165) is 5.56 Å². The lowest BCUT2D eigenvalue weighted by Crippen LogP contribution is -2.31. The summed E-state index contributed by atoms with van der Waals surface area (Å²) in [6, 6.07) is 9.32. The number of sulfonamides is 1. The van der Waals surface area contributed by atoms with Crippen molar-refractivity contribution in [3.63, 3.8) is 0 Å². The van der Waals surface area contributed by atoms with E-state index in [1.54, 1.807) is 0 Å². The molecule has 124 valence electrons. The first kappa shape index (κ1) is 16.3. The number of nitrogens with one attached hydrogen (secondary N) is 1.